The highest BCUT2D eigenvalue weighted by Crippen LogP contribution is 2.31. The number of pyridine rings is 1. The van der Waals surface area contributed by atoms with Crippen LogP contribution >= 0.6 is 12.2 Å². The van der Waals surface area contributed by atoms with Crippen LogP contribution in [0.25, 0.3) is 22.3 Å². The molecule has 0 aliphatic rings. The Labute approximate surface area is 114 Å². The Hall–Kier alpha value is -2.21. The first-order chi connectivity index (χ1) is 9.19. The molecule has 2 aromatic heterocycles. The molecule has 0 bridgehead atoms. The highest BCUT2D eigenvalue weighted by molar-refractivity contribution is 7.71. The number of rotatable bonds is 2. The summed E-state index contributed by atoms with van der Waals surface area (Å²) in [7, 11) is 1.64. The van der Waals surface area contributed by atoms with Crippen LogP contribution in [0.5, 0.6) is 5.75 Å². The van der Waals surface area contributed by atoms with Crippen molar-refractivity contribution in [2.45, 2.75) is 6.92 Å². The molecule has 0 saturated carbocycles. The maximum atomic E-state index is 5.36. The van der Waals surface area contributed by atoms with E-state index < -0.39 is 0 Å². The topological polar surface area (TPSA) is 66.6 Å². The lowest BCUT2D eigenvalue weighted by atomic mass is 10.1. The van der Waals surface area contributed by atoms with Crippen molar-refractivity contribution in [1.82, 2.24) is 20.2 Å². The predicted octanol–water partition coefficient (Wildman–Crippen LogP) is 3.00. The zero-order valence-corrected chi connectivity index (χ0v) is 11.3. The van der Waals surface area contributed by atoms with Gasteiger partial charge in [-0.2, -0.15) is 4.98 Å². The third-order valence-electron chi connectivity index (χ3n) is 2.91. The Morgan fingerprint density at radius 2 is 2.05 bits per heavy atom. The molecule has 0 atom stereocenters. The van der Waals surface area contributed by atoms with Crippen molar-refractivity contribution in [3.63, 3.8) is 0 Å². The lowest BCUT2D eigenvalue weighted by Gasteiger charge is -2.08. The quantitative estimate of drug-likeness (QED) is 0.704. The molecule has 0 aliphatic heterocycles. The highest BCUT2D eigenvalue weighted by Gasteiger charge is 2.11. The standard InChI is InChI=1S/C13H12N4OS/c1-7-6-9(12-15-13(19)17-16-12)8-4-3-5-10(18-2)11(8)14-7/h3-6H,1-2H3,(H2,15,16,17,19). The van der Waals surface area contributed by atoms with Crippen LogP contribution in [0.4, 0.5) is 0 Å². The molecule has 2 N–H and O–H groups in total. The van der Waals surface area contributed by atoms with Gasteiger partial charge < -0.3 is 4.74 Å². The van der Waals surface area contributed by atoms with Gasteiger partial charge in [0.05, 0.1) is 7.11 Å². The largest absolute Gasteiger partial charge is 0.494 e. The summed E-state index contributed by atoms with van der Waals surface area (Å²) in [6.07, 6.45) is 0. The van der Waals surface area contributed by atoms with E-state index in [-0.39, 0.29) is 0 Å². The fraction of sp³-hybridized carbons (Fsp3) is 0.154. The molecule has 0 fully saturated rings. The third kappa shape index (κ3) is 2.00. The summed E-state index contributed by atoms with van der Waals surface area (Å²) in [5.74, 6) is 1.45. The van der Waals surface area contributed by atoms with Gasteiger partial charge in [-0.1, -0.05) is 12.1 Å². The molecule has 6 heteroatoms. The Bertz CT molecular complexity index is 806. The number of para-hydroxylation sites is 1. The minimum Gasteiger partial charge on any atom is -0.494 e. The Morgan fingerprint density at radius 1 is 1.21 bits per heavy atom. The first-order valence-corrected chi connectivity index (χ1v) is 6.19. The minimum absolute atomic E-state index is 0.431. The predicted molar refractivity (Wildman–Crippen MR) is 75.8 cm³/mol. The van der Waals surface area contributed by atoms with Crippen LogP contribution in [0.15, 0.2) is 24.3 Å². The van der Waals surface area contributed by atoms with Gasteiger partial charge in [0.2, 0.25) is 4.77 Å². The zero-order valence-electron chi connectivity index (χ0n) is 10.5. The molecule has 5 nitrogen and oxygen atoms in total. The first kappa shape index (κ1) is 11.9. The summed E-state index contributed by atoms with van der Waals surface area (Å²) in [5, 5.41) is 6.75. The molecule has 0 spiro atoms. The lowest BCUT2D eigenvalue weighted by Crippen LogP contribution is -1.93. The second-order valence-corrected chi connectivity index (χ2v) is 4.57. The molecular formula is C13H12N4OS. The van der Waals surface area contributed by atoms with Gasteiger partial charge in [0.1, 0.15) is 11.3 Å². The number of aryl methyl sites for hydroxylation is 1. The second kappa shape index (κ2) is 4.47. The first-order valence-electron chi connectivity index (χ1n) is 5.78. The van der Waals surface area contributed by atoms with Crippen molar-refractivity contribution >= 4 is 23.1 Å². The van der Waals surface area contributed by atoms with Crippen LogP contribution in [-0.2, 0) is 0 Å². The van der Waals surface area contributed by atoms with E-state index in [1.54, 1.807) is 7.11 Å². The van der Waals surface area contributed by atoms with Crippen molar-refractivity contribution in [2.75, 3.05) is 7.11 Å². The minimum atomic E-state index is 0.431. The number of aromatic amines is 2. The molecule has 1 aromatic carbocycles. The molecule has 0 amide bonds. The molecule has 19 heavy (non-hydrogen) atoms. The maximum Gasteiger partial charge on any atom is 0.213 e. The van der Waals surface area contributed by atoms with E-state index in [4.69, 9.17) is 17.0 Å². The van der Waals surface area contributed by atoms with Gasteiger partial charge in [0.25, 0.3) is 0 Å². The summed E-state index contributed by atoms with van der Waals surface area (Å²) in [6, 6.07) is 7.79. The van der Waals surface area contributed by atoms with Crippen LogP contribution < -0.4 is 4.74 Å². The number of nitrogens with zero attached hydrogens (tertiary/aromatic N) is 2. The normalized spacial score (nSPS) is 10.8. The number of fused-ring (bicyclic) bond motifs is 1. The van der Waals surface area contributed by atoms with Gasteiger partial charge in [-0.05, 0) is 31.3 Å². The van der Waals surface area contributed by atoms with Crippen LogP contribution in [0.2, 0.25) is 0 Å². The monoisotopic (exact) mass is 272 g/mol. The molecule has 0 radical (unpaired) electrons. The number of aromatic nitrogens is 4. The van der Waals surface area contributed by atoms with E-state index >= 15 is 0 Å². The van der Waals surface area contributed by atoms with Crippen molar-refractivity contribution in [2.24, 2.45) is 0 Å². The smallest absolute Gasteiger partial charge is 0.213 e. The zero-order chi connectivity index (χ0) is 13.4. The number of ether oxygens (including phenoxy) is 1. The molecule has 0 saturated heterocycles. The van der Waals surface area contributed by atoms with E-state index in [1.165, 1.54) is 0 Å². The average molecular weight is 272 g/mol. The molecule has 2 heterocycles. The SMILES string of the molecule is COc1cccc2c(-c3nc(=S)[nH][nH]3)cc(C)nc12. The number of hydrogen-bond donors (Lipinski definition) is 2. The van der Waals surface area contributed by atoms with E-state index in [1.807, 2.05) is 31.2 Å². The maximum absolute atomic E-state index is 5.36. The van der Waals surface area contributed by atoms with Crippen LogP contribution in [0, 0.1) is 11.7 Å². The fourth-order valence-corrected chi connectivity index (χ4v) is 2.25. The number of hydrogen-bond acceptors (Lipinski definition) is 4. The van der Waals surface area contributed by atoms with Crippen molar-refractivity contribution in [3.05, 3.63) is 34.7 Å². The van der Waals surface area contributed by atoms with E-state index in [2.05, 4.69) is 20.2 Å². The number of nitrogens with one attached hydrogen (secondary N) is 2. The lowest BCUT2D eigenvalue weighted by molar-refractivity contribution is 0.419. The molecule has 0 unspecified atom stereocenters. The van der Waals surface area contributed by atoms with Gasteiger partial charge >= 0.3 is 0 Å². The van der Waals surface area contributed by atoms with Gasteiger partial charge in [-0.15, -0.1) is 0 Å². The molecule has 0 aliphatic carbocycles. The Balaban J connectivity index is 2.39. The van der Waals surface area contributed by atoms with Crippen molar-refractivity contribution in [1.29, 1.82) is 0 Å². The van der Waals surface area contributed by atoms with Gasteiger partial charge in [0.15, 0.2) is 5.82 Å². The summed E-state index contributed by atoms with van der Waals surface area (Å²) < 4.78 is 5.79. The van der Waals surface area contributed by atoms with E-state index in [0.29, 0.717) is 10.6 Å². The van der Waals surface area contributed by atoms with Crippen LogP contribution in [0.1, 0.15) is 5.69 Å². The summed E-state index contributed by atoms with van der Waals surface area (Å²) in [4.78, 5) is 8.80. The van der Waals surface area contributed by atoms with Gasteiger partial charge in [0, 0.05) is 16.6 Å². The van der Waals surface area contributed by atoms with E-state index in [0.717, 1.165) is 27.9 Å². The fourth-order valence-electron chi connectivity index (χ4n) is 2.11. The third-order valence-corrected chi connectivity index (χ3v) is 3.10. The number of methoxy groups -OCH3 is 1. The number of benzene rings is 1. The second-order valence-electron chi connectivity index (χ2n) is 4.18. The summed E-state index contributed by atoms with van der Waals surface area (Å²) in [6.45, 7) is 1.94. The number of H-pyrrole nitrogens is 2. The Morgan fingerprint density at radius 3 is 2.74 bits per heavy atom. The summed E-state index contributed by atoms with van der Waals surface area (Å²) >= 11 is 5.00. The molecular weight excluding hydrogens is 260 g/mol. The van der Waals surface area contributed by atoms with Crippen LogP contribution in [0.3, 0.4) is 0 Å². The summed E-state index contributed by atoms with van der Waals surface area (Å²) in [5.41, 5.74) is 2.67. The molecule has 96 valence electrons. The molecule has 3 rings (SSSR count). The van der Waals surface area contributed by atoms with Gasteiger partial charge in [-0.3, -0.25) is 10.2 Å². The highest BCUT2D eigenvalue weighted by atomic mass is 32.1. The van der Waals surface area contributed by atoms with Crippen molar-refractivity contribution in [3.8, 4) is 17.1 Å². The van der Waals surface area contributed by atoms with Crippen LogP contribution in [-0.4, -0.2) is 27.3 Å². The van der Waals surface area contributed by atoms with E-state index in [9.17, 15) is 0 Å². The Kier molecular flexibility index (Phi) is 2.79. The van der Waals surface area contributed by atoms with Gasteiger partial charge in [-0.25, -0.2) is 4.98 Å². The molecule has 3 aromatic rings. The average Bonchev–Trinajstić information content (AvgIpc) is 2.83. The van der Waals surface area contributed by atoms with Crippen molar-refractivity contribution < 1.29 is 4.74 Å².